The topological polar surface area (TPSA) is 49.3 Å². The molecule has 92 valence electrons. The van der Waals surface area contributed by atoms with Gasteiger partial charge in [0.2, 0.25) is 0 Å². The smallest absolute Gasteiger partial charge is 0.330 e. The Morgan fingerprint density at radius 1 is 1.53 bits per heavy atom. The van der Waals surface area contributed by atoms with Crippen LogP contribution in [-0.4, -0.2) is 27.6 Å². The van der Waals surface area contributed by atoms with E-state index in [4.69, 9.17) is 0 Å². The van der Waals surface area contributed by atoms with Crippen LogP contribution in [-0.2, 0) is 4.79 Å². The number of hydrogen-bond donors (Lipinski definition) is 2. The van der Waals surface area contributed by atoms with Crippen molar-refractivity contribution in [3.63, 3.8) is 0 Å². The summed E-state index contributed by atoms with van der Waals surface area (Å²) < 4.78 is 0.987. The molecule has 0 spiro atoms. The quantitative estimate of drug-likeness (QED) is 0.899. The molecule has 1 aliphatic rings. The molecule has 2 atom stereocenters. The molecule has 3 nitrogen and oxygen atoms in total. The van der Waals surface area contributed by atoms with Gasteiger partial charge in [0.15, 0.2) is 0 Å². The van der Waals surface area contributed by atoms with Crippen LogP contribution in [0.5, 0.6) is 0 Å². The zero-order valence-corrected chi connectivity index (χ0v) is 11.8. The molecule has 2 N–H and O–H groups in total. The summed E-state index contributed by atoms with van der Waals surface area (Å²) in [4.78, 5) is 11.5. The molecule has 17 heavy (non-hydrogen) atoms. The van der Waals surface area contributed by atoms with Gasteiger partial charge in [-0.3, -0.25) is 0 Å². The number of nitrogens with one attached hydrogen (secondary N) is 1. The van der Waals surface area contributed by atoms with Gasteiger partial charge in [0.1, 0.15) is 5.54 Å². The Morgan fingerprint density at radius 2 is 2.18 bits per heavy atom. The van der Waals surface area contributed by atoms with Crippen molar-refractivity contribution in [2.45, 2.75) is 24.1 Å². The molecule has 0 amide bonds. The lowest BCUT2D eigenvalue weighted by molar-refractivity contribution is -0.142. The number of carbonyl (C=O) groups is 1. The lowest BCUT2D eigenvalue weighted by atomic mass is 9.92. The summed E-state index contributed by atoms with van der Waals surface area (Å²) in [5.41, 5.74) is 0.0170. The average molecular weight is 316 g/mol. The molecule has 2 rings (SSSR count). The van der Waals surface area contributed by atoms with Crippen molar-refractivity contribution in [3.8, 4) is 0 Å². The summed E-state index contributed by atoms with van der Waals surface area (Å²) in [7, 11) is 0. The molecule has 0 aliphatic carbocycles. The molecule has 1 saturated heterocycles. The minimum absolute atomic E-state index is 0.0728. The normalized spacial score (nSPS) is 28.0. The molecule has 1 aliphatic heterocycles. The summed E-state index contributed by atoms with van der Waals surface area (Å²) in [6.45, 7) is 1.97. The summed E-state index contributed by atoms with van der Waals surface area (Å²) >= 11 is 5.07. The van der Waals surface area contributed by atoms with Crippen LogP contribution in [0, 0.1) is 0 Å². The van der Waals surface area contributed by atoms with Gasteiger partial charge in [-0.15, -0.1) is 0 Å². The van der Waals surface area contributed by atoms with Gasteiger partial charge in [0.05, 0.1) is 0 Å². The minimum Gasteiger partial charge on any atom is -0.479 e. The van der Waals surface area contributed by atoms with Crippen molar-refractivity contribution in [1.82, 2.24) is 0 Å². The molecule has 1 aromatic rings. The summed E-state index contributed by atoms with van der Waals surface area (Å²) in [6.07, 6.45) is 0.657. The zero-order chi connectivity index (χ0) is 12.5. The van der Waals surface area contributed by atoms with E-state index >= 15 is 0 Å². The predicted molar refractivity (Wildman–Crippen MR) is 74.7 cm³/mol. The lowest BCUT2D eigenvalue weighted by Crippen LogP contribution is -2.50. The number of aliphatic carboxylic acids is 1. The fraction of sp³-hybridized carbons (Fsp3) is 0.417. The zero-order valence-electron chi connectivity index (χ0n) is 9.44. The number of halogens is 1. The number of hydrogen-bond acceptors (Lipinski definition) is 3. The van der Waals surface area contributed by atoms with E-state index in [1.807, 2.05) is 31.2 Å². The van der Waals surface area contributed by atoms with Gasteiger partial charge in [-0.1, -0.05) is 22.9 Å². The van der Waals surface area contributed by atoms with Gasteiger partial charge < -0.3 is 10.4 Å². The third-order valence-corrected chi connectivity index (χ3v) is 5.02. The van der Waals surface area contributed by atoms with E-state index in [0.29, 0.717) is 6.42 Å². The van der Waals surface area contributed by atoms with E-state index < -0.39 is 11.5 Å². The third-order valence-electron chi connectivity index (χ3n) is 3.15. The van der Waals surface area contributed by atoms with Gasteiger partial charge in [0.25, 0.3) is 0 Å². The Balaban J connectivity index is 2.24. The maximum absolute atomic E-state index is 11.5. The Bertz CT molecular complexity index is 423. The van der Waals surface area contributed by atoms with E-state index in [-0.39, 0.29) is 5.25 Å². The first-order valence-corrected chi connectivity index (χ1v) is 7.27. The molecule has 1 aromatic carbocycles. The number of anilines is 1. The fourth-order valence-corrected chi connectivity index (χ4v) is 3.65. The SMILES string of the molecule is CC1SCCC1(Nc1ccc(Br)cc1)C(=O)O. The second kappa shape index (κ2) is 4.90. The molecule has 0 bridgehead atoms. The number of benzene rings is 1. The number of rotatable bonds is 3. The van der Waals surface area contributed by atoms with Crippen molar-refractivity contribution in [2.75, 3.05) is 11.1 Å². The molecule has 2 unspecified atom stereocenters. The van der Waals surface area contributed by atoms with E-state index in [1.165, 1.54) is 0 Å². The van der Waals surface area contributed by atoms with Crippen LogP contribution in [0.1, 0.15) is 13.3 Å². The molecule has 0 radical (unpaired) electrons. The van der Waals surface area contributed by atoms with Crippen molar-refractivity contribution in [1.29, 1.82) is 0 Å². The second-order valence-corrected chi connectivity index (χ2v) is 6.54. The van der Waals surface area contributed by atoms with Crippen molar-refractivity contribution in [3.05, 3.63) is 28.7 Å². The Kier molecular flexibility index (Phi) is 3.68. The lowest BCUT2D eigenvalue weighted by Gasteiger charge is -2.30. The van der Waals surface area contributed by atoms with Gasteiger partial charge >= 0.3 is 5.97 Å². The largest absolute Gasteiger partial charge is 0.479 e. The van der Waals surface area contributed by atoms with E-state index in [2.05, 4.69) is 21.2 Å². The number of thioether (sulfide) groups is 1. The molecular weight excluding hydrogens is 302 g/mol. The van der Waals surface area contributed by atoms with Gasteiger partial charge in [0, 0.05) is 15.4 Å². The van der Waals surface area contributed by atoms with Crippen LogP contribution in [0.25, 0.3) is 0 Å². The first-order chi connectivity index (χ1) is 8.04. The monoisotopic (exact) mass is 315 g/mol. The number of carboxylic acids is 1. The van der Waals surface area contributed by atoms with Crippen molar-refractivity contribution >= 4 is 39.3 Å². The van der Waals surface area contributed by atoms with Gasteiger partial charge in [-0.25, -0.2) is 4.79 Å². The molecule has 5 heteroatoms. The van der Waals surface area contributed by atoms with Crippen LogP contribution < -0.4 is 5.32 Å². The molecule has 0 aromatic heterocycles. The highest BCUT2D eigenvalue weighted by Crippen LogP contribution is 2.38. The predicted octanol–water partition coefficient (Wildman–Crippen LogP) is 3.21. The maximum Gasteiger partial charge on any atom is 0.330 e. The Morgan fingerprint density at radius 3 is 2.65 bits per heavy atom. The van der Waals surface area contributed by atoms with Gasteiger partial charge in [-0.2, -0.15) is 11.8 Å². The molecule has 1 fully saturated rings. The summed E-state index contributed by atoms with van der Waals surface area (Å²) in [5, 5.41) is 12.7. The van der Waals surface area contributed by atoms with Crippen LogP contribution in [0.15, 0.2) is 28.7 Å². The highest BCUT2D eigenvalue weighted by Gasteiger charge is 2.47. The minimum atomic E-state index is -0.835. The summed E-state index contributed by atoms with van der Waals surface area (Å²) in [6, 6.07) is 7.60. The Hall–Kier alpha value is -0.680. The van der Waals surface area contributed by atoms with Crippen molar-refractivity contribution < 1.29 is 9.90 Å². The van der Waals surface area contributed by atoms with Crippen LogP contribution in [0.3, 0.4) is 0 Å². The van der Waals surface area contributed by atoms with Crippen LogP contribution in [0.4, 0.5) is 5.69 Å². The van der Waals surface area contributed by atoms with E-state index in [9.17, 15) is 9.90 Å². The highest BCUT2D eigenvalue weighted by molar-refractivity contribution is 9.10. The standard InChI is InChI=1S/C12H14BrNO2S/c1-8-12(11(15)16,6-7-17-8)14-10-4-2-9(13)3-5-10/h2-5,8,14H,6-7H2,1H3,(H,15,16). The van der Waals surface area contributed by atoms with Gasteiger partial charge in [-0.05, 0) is 36.4 Å². The molecular formula is C12H14BrNO2S. The Labute approximate surface area is 113 Å². The van der Waals surface area contributed by atoms with E-state index in [0.717, 1.165) is 15.9 Å². The highest BCUT2D eigenvalue weighted by atomic mass is 79.9. The molecule has 0 saturated carbocycles. The average Bonchev–Trinajstić information content (AvgIpc) is 2.65. The first kappa shape index (κ1) is 12.8. The molecule has 1 heterocycles. The first-order valence-electron chi connectivity index (χ1n) is 5.43. The van der Waals surface area contributed by atoms with Crippen molar-refractivity contribution in [2.24, 2.45) is 0 Å². The third kappa shape index (κ3) is 2.45. The fourth-order valence-electron chi connectivity index (χ4n) is 2.03. The summed E-state index contributed by atoms with van der Waals surface area (Å²) in [5.74, 6) is 0.120. The second-order valence-electron chi connectivity index (χ2n) is 4.17. The number of carboxylic acid groups (broad SMARTS) is 1. The maximum atomic E-state index is 11.5. The van der Waals surface area contributed by atoms with Crippen LogP contribution >= 0.6 is 27.7 Å². The van der Waals surface area contributed by atoms with E-state index in [1.54, 1.807) is 11.8 Å². The van der Waals surface area contributed by atoms with Crippen LogP contribution in [0.2, 0.25) is 0 Å².